The average Bonchev–Trinajstić information content (AvgIpc) is 3.06. The third-order valence-electron chi connectivity index (χ3n) is 3.75. The Morgan fingerprint density at radius 1 is 1.11 bits per heavy atom. The van der Waals surface area contributed by atoms with Crippen LogP contribution in [0, 0.1) is 0 Å². The number of aromatic nitrogens is 4. The van der Waals surface area contributed by atoms with Crippen LogP contribution in [0.15, 0.2) is 65.5 Å². The number of nitrogens with zero attached hydrogens (tertiary/aromatic N) is 4. The van der Waals surface area contributed by atoms with Crippen molar-refractivity contribution < 1.29 is 9.53 Å². The molecule has 1 N–H and O–H groups in total. The van der Waals surface area contributed by atoms with Crippen molar-refractivity contribution in [1.82, 2.24) is 19.8 Å². The van der Waals surface area contributed by atoms with E-state index in [0.717, 1.165) is 5.56 Å². The van der Waals surface area contributed by atoms with E-state index in [4.69, 9.17) is 4.74 Å². The van der Waals surface area contributed by atoms with Gasteiger partial charge in [-0.1, -0.05) is 30.3 Å². The van der Waals surface area contributed by atoms with Crippen molar-refractivity contribution >= 4 is 17.7 Å². The van der Waals surface area contributed by atoms with Crippen LogP contribution in [0.2, 0.25) is 0 Å². The normalized spacial score (nSPS) is 11.0. The molecule has 8 heteroatoms. The van der Waals surface area contributed by atoms with Gasteiger partial charge in [-0.25, -0.2) is 4.79 Å². The van der Waals surface area contributed by atoms with E-state index in [-0.39, 0.29) is 11.6 Å². The molecule has 2 aromatic carbocycles. The SMILES string of the molecule is COCCn1nnn(-c2ccc(NC(=O)C=Cc3ccccc3)cc2)c1=O. The first-order valence-corrected chi connectivity index (χ1v) is 8.33. The van der Waals surface area contributed by atoms with Gasteiger partial charge < -0.3 is 10.1 Å². The molecule has 0 spiro atoms. The summed E-state index contributed by atoms with van der Waals surface area (Å²) in [6.07, 6.45) is 3.21. The van der Waals surface area contributed by atoms with Crippen molar-refractivity contribution in [3.8, 4) is 5.69 Å². The lowest BCUT2D eigenvalue weighted by molar-refractivity contribution is -0.111. The van der Waals surface area contributed by atoms with E-state index in [0.29, 0.717) is 24.5 Å². The van der Waals surface area contributed by atoms with Crippen LogP contribution in [-0.2, 0) is 16.1 Å². The van der Waals surface area contributed by atoms with Gasteiger partial charge in [-0.2, -0.15) is 9.36 Å². The largest absolute Gasteiger partial charge is 0.383 e. The van der Waals surface area contributed by atoms with Crippen LogP contribution in [-0.4, -0.2) is 39.4 Å². The van der Waals surface area contributed by atoms with Gasteiger partial charge in [0.05, 0.1) is 18.8 Å². The fourth-order valence-corrected chi connectivity index (χ4v) is 2.36. The maximum atomic E-state index is 12.2. The lowest BCUT2D eigenvalue weighted by Gasteiger charge is -2.04. The molecule has 0 atom stereocenters. The maximum absolute atomic E-state index is 12.2. The van der Waals surface area contributed by atoms with Crippen LogP contribution in [0.5, 0.6) is 0 Å². The highest BCUT2D eigenvalue weighted by Crippen LogP contribution is 2.11. The monoisotopic (exact) mass is 365 g/mol. The van der Waals surface area contributed by atoms with Crippen LogP contribution < -0.4 is 11.0 Å². The van der Waals surface area contributed by atoms with Gasteiger partial charge in [-0.05, 0) is 46.3 Å². The Kier molecular flexibility index (Phi) is 5.91. The summed E-state index contributed by atoms with van der Waals surface area (Å²) in [5, 5.41) is 10.4. The van der Waals surface area contributed by atoms with Gasteiger partial charge in [0.15, 0.2) is 0 Å². The van der Waals surface area contributed by atoms with Gasteiger partial charge in [0, 0.05) is 18.9 Å². The van der Waals surface area contributed by atoms with E-state index in [2.05, 4.69) is 15.7 Å². The van der Waals surface area contributed by atoms with E-state index in [1.807, 2.05) is 30.3 Å². The molecular weight excluding hydrogens is 346 g/mol. The van der Waals surface area contributed by atoms with E-state index in [1.54, 1.807) is 37.5 Å². The maximum Gasteiger partial charge on any atom is 0.368 e. The lowest BCUT2D eigenvalue weighted by Crippen LogP contribution is -2.25. The molecule has 8 nitrogen and oxygen atoms in total. The fraction of sp³-hybridized carbons (Fsp3) is 0.158. The Morgan fingerprint density at radius 3 is 2.56 bits per heavy atom. The topological polar surface area (TPSA) is 91.0 Å². The smallest absolute Gasteiger partial charge is 0.368 e. The van der Waals surface area contributed by atoms with Crippen molar-refractivity contribution in [2.24, 2.45) is 0 Å². The molecule has 1 amide bonds. The molecule has 0 aliphatic rings. The Morgan fingerprint density at radius 2 is 1.85 bits per heavy atom. The summed E-state index contributed by atoms with van der Waals surface area (Å²) < 4.78 is 7.35. The molecule has 0 aliphatic carbocycles. The Hall–Kier alpha value is -3.52. The average molecular weight is 365 g/mol. The molecule has 0 unspecified atom stereocenters. The predicted octanol–water partition coefficient (Wildman–Crippen LogP) is 1.73. The highest BCUT2D eigenvalue weighted by Gasteiger charge is 2.08. The molecule has 0 radical (unpaired) electrons. The van der Waals surface area contributed by atoms with Gasteiger partial charge in [-0.3, -0.25) is 4.79 Å². The van der Waals surface area contributed by atoms with Crippen LogP contribution in [0.3, 0.4) is 0 Å². The van der Waals surface area contributed by atoms with E-state index in [1.165, 1.54) is 15.4 Å². The van der Waals surface area contributed by atoms with Gasteiger partial charge in [0.2, 0.25) is 5.91 Å². The Labute approximate surface area is 155 Å². The first-order chi connectivity index (χ1) is 13.2. The van der Waals surface area contributed by atoms with Crippen molar-refractivity contribution in [2.45, 2.75) is 6.54 Å². The number of amides is 1. The molecule has 1 aromatic heterocycles. The summed E-state index contributed by atoms with van der Waals surface area (Å²) in [6, 6.07) is 16.3. The lowest BCUT2D eigenvalue weighted by atomic mass is 10.2. The Balaban J connectivity index is 1.65. The van der Waals surface area contributed by atoms with Gasteiger partial charge in [0.1, 0.15) is 0 Å². The zero-order valence-electron chi connectivity index (χ0n) is 14.8. The number of hydrogen-bond donors (Lipinski definition) is 1. The predicted molar refractivity (Wildman–Crippen MR) is 102 cm³/mol. The zero-order valence-corrected chi connectivity index (χ0v) is 14.8. The molecule has 0 fully saturated rings. The first kappa shape index (κ1) is 18.3. The van der Waals surface area contributed by atoms with E-state index < -0.39 is 0 Å². The molecule has 0 saturated heterocycles. The van der Waals surface area contributed by atoms with Crippen LogP contribution in [0.25, 0.3) is 11.8 Å². The molecule has 3 aromatic rings. The molecule has 0 bridgehead atoms. The van der Waals surface area contributed by atoms with Crippen molar-refractivity contribution in [1.29, 1.82) is 0 Å². The highest BCUT2D eigenvalue weighted by molar-refractivity contribution is 6.01. The molecule has 1 heterocycles. The number of ether oxygens (including phenoxy) is 1. The minimum Gasteiger partial charge on any atom is -0.383 e. The summed E-state index contributed by atoms with van der Waals surface area (Å²) in [5.41, 5.74) is 1.76. The molecular formula is C19H19N5O3. The van der Waals surface area contributed by atoms with Crippen molar-refractivity contribution in [3.05, 3.63) is 76.7 Å². The molecule has 138 valence electrons. The number of tetrazole rings is 1. The van der Waals surface area contributed by atoms with Gasteiger partial charge in [0.25, 0.3) is 0 Å². The summed E-state index contributed by atoms with van der Waals surface area (Å²) in [7, 11) is 1.55. The minimum atomic E-state index is -0.352. The summed E-state index contributed by atoms with van der Waals surface area (Å²) in [5.74, 6) is -0.241. The third kappa shape index (κ3) is 4.77. The summed E-state index contributed by atoms with van der Waals surface area (Å²) in [6.45, 7) is 0.706. The number of methoxy groups -OCH3 is 1. The van der Waals surface area contributed by atoms with Crippen molar-refractivity contribution in [3.63, 3.8) is 0 Å². The number of benzene rings is 2. The van der Waals surface area contributed by atoms with Crippen LogP contribution in [0.4, 0.5) is 5.69 Å². The van der Waals surface area contributed by atoms with Crippen LogP contribution >= 0.6 is 0 Å². The summed E-state index contributed by atoms with van der Waals surface area (Å²) >= 11 is 0. The number of carbonyl (C=O) groups excluding carboxylic acids is 1. The molecule has 3 rings (SSSR count). The molecule has 0 saturated carbocycles. The van der Waals surface area contributed by atoms with E-state index in [9.17, 15) is 9.59 Å². The standard InChI is InChI=1S/C19H19N5O3/c1-27-14-13-23-19(26)24(22-21-23)17-10-8-16(9-11-17)20-18(25)12-7-15-5-3-2-4-6-15/h2-12H,13-14H2,1H3,(H,20,25). The second kappa shape index (κ2) is 8.72. The second-order valence-corrected chi connectivity index (χ2v) is 5.67. The number of nitrogens with one attached hydrogen (secondary N) is 1. The second-order valence-electron chi connectivity index (χ2n) is 5.67. The molecule has 27 heavy (non-hydrogen) atoms. The number of hydrogen-bond acceptors (Lipinski definition) is 5. The highest BCUT2D eigenvalue weighted by atomic mass is 16.5. The number of rotatable bonds is 7. The van der Waals surface area contributed by atoms with Gasteiger partial charge in [-0.15, -0.1) is 0 Å². The molecule has 0 aliphatic heterocycles. The third-order valence-corrected chi connectivity index (χ3v) is 3.75. The first-order valence-electron chi connectivity index (χ1n) is 8.33. The zero-order chi connectivity index (χ0) is 19.1. The Bertz CT molecular complexity index is 975. The minimum absolute atomic E-state index is 0.241. The van der Waals surface area contributed by atoms with Crippen molar-refractivity contribution in [2.75, 3.05) is 19.0 Å². The van der Waals surface area contributed by atoms with E-state index >= 15 is 0 Å². The quantitative estimate of drug-likeness (QED) is 0.644. The number of carbonyl (C=O) groups is 1. The number of anilines is 1. The van der Waals surface area contributed by atoms with Crippen LogP contribution in [0.1, 0.15) is 5.56 Å². The van der Waals surface area contributed by atoms with Gasteiger partial charge >= 0.3 is 5.69 Å². The summed E-state index contributed by atoms with van der Waals surface area (Å²) in [4.78, 5) is 24.2. The fourth-order valence-electron chi connectivity index (χ4n) is 2.36.